The summed E-state index contributed by atoms with van der Waals surface area (Å²) in [5, 5.41) is 3.54. The maximum Gasteiger partial charge on any atom is 0.264 e. The summed E-state index contributed by atoms with van der Waals surface area (Å²) in [7, 11) is -2.66. The zero-order valence-electron chi connectivity index (χ0n) is 22.6. The summed E-state index contributed by atoms with van der Waals surface area (Å²) in [5.41, 5.74) is 0.967. The van der Waals surface area contributed by atoms with Crippen LogP contribution in [0.3, 0.4) is 0 Å². The number of nitrogens with zero attached hydrogens (tertiary/aromatic N) is 2. The van der Waals surface area contributed by atoms with E-state index in [9.17, 15) is 18.0 Å². The van der Waals surface area contributed by atoms with E-state index in [1.807, 2.05) is 13.8 Å². The highest BCUT2D eigenvalue weighted by Gasteiger charge is 2.33. The van der Waals surface area contributed by atoms with Gasteiger partial charge in [0.2, 0.25) is 11.8 Å². The second-order valence-corrected chi connectivity index (χ2v) is 11.8. The van der Waals surface area contributed by atoms with Crippen LogP contribution in [0.5, 0.6) is 5.75 Å². The minimum Gasteiger partial charge on any atom is -0.497 e. The number of amides is 2. The minimum atomic E-state index is -4.21. The van der Waals surface area contributed by atoms with Gasteiger partial charge in [-0.05, 0) is 73.0 Å². The summed E-state index contributed by atoms with van der Waals surface area (Å²) in [6.07, 6.45) is 1.06. The summed E-state index contributed by atoms with van der Waals surface area (Å²) >= 11 is 12.2. The lowest BCUT2D eigenvalue weighted by Gasteiger charge is -2.33. The Labute approximate surface area is 245 Å². The number of halogens is 2. The van der Waals surface area contributed by atoms with E-state index in [2.05, 4.69) is 5.32 Å². The molecule has 0 spiro atoms. The molecule has 0 radical (unpaired) electrons. The third-order valence-corrected chi connectivity index (χ3v) is 8.50. The number of carbonyl (C=O) groups excluding carboxylic acids is 2. The van der Waals surface area contributed by atoms with E-state index in [4.69, 9.17) is 27.9 Å². The number of carbonyl (C=O) groups is 2. The molecule has 0 saturated heterocycles. The number of methoxy groups -OCH3 is 1. The lowest BCUT2D eigenvalue weighted by molar-refractivity contribution is -0.140. The molecule has 0 heterocycles. The zero-order valence-corrected chi connectivity index (χ0v) is 25.0. The van der Waals surface area contributed by atoms with Gasteiger partial charge >= 0.3 is 0 Å². The number of ether oxygens (including phenoxy) is 1. The van der Waals surface area contributed by atoms with Gasteiger partial charge < -0.3 is 15.0 Å². The lowest BCUT2D eigenvalue weighted by atomic mass is 10.1. The quantitative estimate of drug-likeness (QED) is 0.276. The maximum atomic E-state index is 14.0. The van der Waals surface area contributed by atoms with E-state index in [0.29, 0.717) is 28.8 Å². The van der Waals surface area contributed by atoms with Gasteiger partial charge in [0.15, 0.2) is 0 Å². The van der Waals surface area contributed by atoms with Crippen molar-refractivity contribution in [2.75, 3.05) is 24.5 Å². The van der Waals surface area contributed by atoms with Crippen LogP contribution in [0.25, 0.3) is 0 Å². The highest BCUT2D eigenvalue weighted by molar-refractivity contribution is 7.92. The van der Waals surface area contributed by atoms with Gasteiger partial charge in [0.05, 0.1) is 17.7 Å². The third kappa shape index (κ3) is 7.90. The molecule has 0 aromatic heterocycles. The van der Waals surface area contributed by atoms with Crippen molar-refractivity contribution >= 4 is 50.7 Å². The molecule has 1 N–H and O–H groups in total. The SMILES string of the molecule is CCCNC(=O)C(CC)N(Cc1ccc(OC)cc1)C(=O)CN(c1cccc(Cl)c1)S(=O)(=O)c1ccc(Cl)cc1. The fourth-order valence-electron chi connectivity index (χ4n) is 4.11. The van der Waals surface area contributed by atoms with Crippen LogP contribution in [0.1, 0.15) is 32.3 Å². The molecule has 40 heavy (non-hydrogen) atoms. The largest absolute Gasteiger partial charge is 0.497 e. The molecule has 214 valence electrons. The predicted octanol–water partition coefficient (Wildman–Crippen LogP) is 5.53. The molecule has 0 bridgehead atoms. The molecule has 0 fully saturated rings. The molecule has 3 aromatic rings. The van der Waals surface area contributed by atoms with Crippen LogP contribution in [0.15, 0.2) is 77.7 Å². The predicted molar refractivity (Wildman–Crippen MR) is 158 cm³/mol. The van der Waals surface area contributed by atoms with Crippen molar-refractivity contribution in [2.24, 2.45) is 0 Å². The summed E-state index contributed by atoms with van der Waals surface area (Å²) in [6, 6.07) is 18.2. The third-order valence-electron chi connectivity index (χ3n) is 6.22. The van der Waals surface area contributed by atoms with Crippen LogP contribution in [-0.2, 0) is 26.2 Å². The van der Waals surface area contributed by atoms with Crippen molar-refractivity contribution in [2.45, 2.75) is 44.2 Å². The highest BCUT2D eigenvalue weighted by Crippen LogP contribution is 2.28. The molecule has 1 atom stereocenters. The minimum absolute atomic E-state index is 0.0425. The van der Waals surface area contributed by atoms with E-state index in [1.54, 1.807) is 49.6 Å². The number of benzene rings is 3. The van der Waals surface area contributed by atoms with Gasteiger partial charge in [0.25, 0.3) is 10.0 Å². The van der Waals surface area contributed by atoms with Gasteiger partial charge in [-0.25, -0.2) is 8.42 Å². The number of hydrogen-bond donors (Lipinski definition) is 1. The zero-order chi connectivity index (χ0) is 29.3. The maximum absolute atomic E-state index is 14.0. The average Bonchev–Trinajstić information content (AvgIpc) is 2.95. The lowest BCUT2D eigenvalue weighted by Crippen LogP contribution is -2.52. The van der Waals surface area contributed by atoms with Gasteiger partial charge in [-0.15, -0.1) is 0 Å². The molecule has 0 aliphatic rings. The Bertz CT molecular complexity index is 1400. The van der Waals surface area contributed by atoms with Gasteiger partial charge in [0.1, 0.15) is 18.3 Å². The molecule has 2 amide bonds. The Morgan fingerprint density at radius 1 is 0.950 bits per heavy atom. The van der Waals surface area contributed by atoms with Gasteiger partial charge in [0, 0.05) is 23.1 Å². The van der Waals surface area contributed by atoms with Crippen molar-refractivity contribution in [3.05, 3.63) is 88.4 Å². The Hall–Kier alpha value is -3.27. The molecule has 11 heteroatoms. The van der Waals surface area contributed by atoms with Crippen LogP contribution < -0.4 is 14.4 Å². The average molecular weight is 607 g/mol. The normalized spacial score (nSPS) is 11.9. The van der Waals surface area contributed by atoms with Gasteiger partial charge in [-0.1, -0.05) is 55.2 Å². The first-order chi connectivity index (χ1) is 19.1. The molecule has 1 unspecified atom stereocenters. The molecule has 8 nitrogen and oxygen atoms in total. The van der Waals surface area contributed by atoms with E-state index < -0.39 is 28.5 Å². The van der Waals surface area contributed by atoms with Crippen molar-refractivity contribution in [3.63, 3.8) is 0 Å². The summed E-state index contributed by atoms with van der Waals surface area (Å²) in [4.78, 5) is 28.5. The number of anilines is 1. The van der Waals surface area contributed by atoms with Crippen molar-refractivity contribution in [1.82, 2.24) is 10.2 Å². The standard InChI is InChI=1S/C29H33Cl2N3O5S/c1-4-17-32-29(36)27(5-2)33(19-21-9-13-25(39-3)14-10-21)28(35)20-34(24-8-6-7-23(31)18-24)40(37,38)26-15-11-22(30)12-16-26/h6-16,18,27H,4-5,17,19-20H2,1-3H3,(H,32,36). The first-order valence-corrected chi connectivity index (χ1v) is 15.0. The molecular formula is C29H33Cl2N3O5S. The fourth-order valence-corrected chi connectivity index (χ4v) is 5.82. The van der Waals surface area contributed by atoms with E-state index in [0.717, 1.165) is 16.3 Å². The molecular weight excluding hydrogens is 573 g/mol. The van der Waals surface area contributed by atoms with Gasteiger partial charge in [-0.2, -0.15) is 0 Å². The number of sulfonamides is 1. The van der Waals surface area contributed by atoms with E-state index in [-0.39, 0.29) is 23.0 Å². The van der Waals surface area contributed by atoms with Crippen LogP contribution in [-0.4, -0.2) is 51.4 Å². The van der Waals surface area contributed by atoms with Gasteiger partial charge in [-0.3, -0.25) is 13.9 Å². The summed E-state index contributed by atoms with van der Waals surface area (Å²) in [5.74, 6) is -0.205. The van der Waals surface area contributed by atoms with Crippen LogP contribution in [0, 0.1) is 0 Å². The molecule has 0 aliphatic carbocycles. The second-order valence-electron chi connectivity index (χ2n) is 9.03. The molecule has 3 rings (SSSR count). The Morgan fingerprint density at radius 3 is 2.20 bits per heavy atom. The highest BCUT2D eigenvalue weighted by atomic mass is 35.5. The first kappa shape index (κ1) is 31.3. The Morgan fingerprint density at radius 2 is 1.62 bits per heavy atom. The smallest absolute Gasteiger partial charge is 0.264 e. The number of rotatable bonds is 13. The first-order valence-electron chi connectivity index (χ1n) is 12.8. The van der Waals surface area contributed by atoms with Crippen LogP contribution >= 0.6 is 23.2 Å². The van der Waals surface area contributed by atoms with E-state index >= 15 is 0 Å². The van der Waals surface area contributed by atoms with Crippen molar-refractivity contribution < 1.29 is 22.7 Å². The second kappa shape index (κ2) is 14.4. The Kier molecular flexibility index (Phi) is 11.2. The van der Waals surface area contributed by atoms with Crippen LogP contribution in [0.2, 0.25) is 10.0 Å². The number of nitrogens with one attached hydrogen (secondary N) is 1. The number of hydrogen-bond acceptors (Lipinski definition) is 5. The summed E-state index contributed by atoms with van der Waals surface area (Å²) < 4.78 is 33.9. The topological polar surface area (TPSA) is 96.0 Å². The monoisotopic (exact) mass is 605 g/mol. The Balaban J connectivity index is 2.04. The fraction of sp³-hybridized carbons (Fsp3) is 0.310. The summed E-state index contributed by atoms with van der Waals surface area (Å²) in [6.45, 7) is 3.74. The van der Waals surface area contributed by atoms with Crippen molar-refractivity contribution in [3.8, 4) is 5.75 Å². The molecule has 3 aromatic carbocycles. The molecule has 0 aliphatic heterocycles. The van der Waals surface area contributed by atoms with E-state index in [1.165, 1.54) is 35.2 Å². The molecule has 0 saturated carbocycles. The van der Waals surface area contributed by atoms with Crippen LogP contribution in [0.4, 0.5) is 5.69 Å². The van der Waals surface area contributed by atoms with Crippen molar-refractivity contribution in [1.29, 1.82) is 0 Å².